The first-order valence-electron chi connectivity index (χ1n) is 4.16. The molecule has 1 aliphatic rings. The lowest BCUT2D eigenvalue weighted by molar-refractivity contribution is -0.142. The molecule has 0 unspecified atom stereocenters. The second-order valence-electron chi connectivity index (χ2n) is 3.11. The van der Waals surface area contributed by atoms with Crippen molar-refractivity contribution < 1.29 is 9.53 Å². The molecule has 3 heteroatoms. The quantitative estimate of drug-likeness (QED) is 0.452. The first-order chi connectivity index (χ1) is 5.65. The van der Waals surface area contributed by atoms with Crippen molar-refractivity contribution in [2.24, 2.45) is 0 Å². The van der Waals surface area contributed by atoms with Crippen molar-refractivity contribution in [1.82, 2.24) is 4.90 Å². The molecule has 0 N–H and O–H groups in total. The summed E-state index contributed by atoms with van der Waals surface area (Å²) < 4.78 is 4.60. The zero-order valence-electron chi connectivity index (χ0n) is 7.78. The Morgan fingerprint density at radius 3 is 2.33 bits per heavy atom. The summed E-state index contributed by atoms with van der Waals surface area (Å²) in [5.41, 5.74) is 0. The van der Waals surface area contributed by atoms with Crippen molar-refractivity contribution >= 4 is 5.97 Å². The largest absolute Gasteiger partial charge is 0.468 e. The molecule has 0 saturated heterocycles. The lowest BCUT2D eigenvalue weighted by Crippen LogP contribution is -2.38. The number of hydrogen-bond donors (Lipinski definition) is 0. The van der Waals surface area contributed by atoms with Gasteiger partial charge in [0.05, 0.1) is 13.7 Å². The Balaban J connectivity index is 2.47. The maximum absolute atomic E-state index is 11.0. The van der Waals surface area contributed by atoms with E-state index in [1.165, 1.54) is 7.11 Å². The monoisotopic (exact) mass is 169 g/mol. The van der Waals surface area contributed by atoms with Gasteiger partial charge in [0.15, 0.2) is 0 Å². The van der Waals surface area contributed by atoms with E-state index in [2.05, 4.69) is 35.6 Å². The minimum Gasteiger partial charge on any atom is -0.468 e. The molecule has 68 valence electrons. The van der Waals surface area contributed by atoms with Gasteiger partial charge in [-0.1, -0.05) is 12.2 Å². The van der Waals surface area contributed by atoms with Crippen molar-refractivity contribution in [3.05, 3.63) is 12.2 Å². The maximum atomic E-state index is 11.0. The zero-order chi connectivity index (χ0) is 9.14. The average Bonchev–Trinajstić information content (AvgIpc) is 2.35. The molecular weight excluding hydrogens is 154 g/mol. The molecule has 2 atom stereocenters. The second-order valence-corrected chi connectivity index (χ2v) is 3.11. The molecule has 0 fully saturated rings. The standard InChI is InChI=1S/C9H15NO2/c1-7-4-5-8(2)10(7)6-9(11)12-3/h4-5,7-8H,6H2,1-3H3/t7-,8-/m1/s1. The van der Waals surface area contributed by atoms with Crippen molar-refractivity contribution in [1.29, 1.82) is 0 Å². The van der Waals surface area contributed by atoms with Gasteiger partial charge in [0, 0.05) is 12.1 Å². The molecule has 1 heterocycles. The van der Waals surface area contributed by atoms with Gasteiger partial charge in [-0.3, -0.25) is 9.69 Å². The van der Waals surface area contributed by atoms with E-state index in [0.717, 1.165) is 0 Å². The van der Waals surface area contributed by atoms with Crippen LogP contribution in [0.25, 0.3) is 0 Å². The van der Waals surface area contributed by atoms with Crippen LogP contribution in [0.2, 0.25) is 0 Å². The molecule has 0 spiro atoms. The van der Waals surface area contributed by atoms with Crippen LogP contribution in [0.5, 0.6) is 0 Å². The third-order valence-corrected chi connectivity index (χ3v) is 2.25. The third-order valence-electron chi connectivity index (χ3n) is 2.25. The molecule has 0 aromatic rings. The van der Waals surface area contributed by atoms with E-state index in [1.807, 2.05) is 0 Å². The third kappa shape index (κ3) is 1.85. The molecule has 0 bridgehead atoms. The Hall–Kier alpha value is -0.830. The predicted octanol–water partition coefficient (Wildman–Crippen LogP) is 0.808. The van der Waals surface area contributed by atoms with Crippen LogP contribution in [0.4, 0.5) is 0 Å². The lowest BCUT2D eigenvalue weighted by atomic mass is 10.3. The highest BCUT2D eigenvalue weighted by atomic mass is 16.5. The molecule has 1 rings (SSSR count). The van der Waals surface area contributed by atoms with Gasteiger partial charge in [0.2, 0.25) is 0 Å². The number of ether oxygens (including phenoxy) is 1. The van der Waals surface area contributed by atoms with Gasteiger partial charge in [0.25, 0.3) is 0 Å². The van der Waals surface area contributed by atoms with E-state index in [4.69, 9.17) is 0 Å². The highest BCUT2D eigenvalue weighted by molar-refractivity contribution is 5.71. The molecule has 0 aromatic carbocycles. The van der Waals surface area contributed by atoms with Gasteiger partial charge in [-0.05, 0) is 13.8 Å². The first-order valence-corrected chi connectivity index (χ1v) is 4.16. The number of esters is 1. The number of methoxy groups -OCH3 is 1. The van der Waals surface area contributed by atoms with Crippen molar-refractivity contribution in [2.45, 2.75) is 25.9 Å². The fraction of sp³-hybridized carbons (Fsp3) is 0.667. The van der Waals surface area contributed by atoms with Crippen molar-refractivity contribution in [3.63, 3.8) is 0 Å². The summed E-state index contributed by atoms with van der Waals surface area (Å²) in [7, 11) is 1.42. The van der Waals surface area contributed by atoms with Gasteiger partial charge >= 0.3 is 5.97 Å². The SMILES string of the molecule is COC(=O)CN1[C@H](C)C=C[C@H]1C. The normalized spacial score (nSPS) is 29.2. The molecule has 0 radical (unpaired) electrons. The minimum atomic E-state index is -0.169. The summed E-state index contributed by atoms with van der Waals surface area (Å²) >= 11 is 0. The zero-order valence-corrected chi connectivity index (χ0v) is 7.78. The lowest BCUT2D eigenvalue weighted by Gasteiger charge is -2.24. The maximum Gasteiger partial charge on any atom is 0.319 e. The molecule has 0 aromatic heterocycles. The Bertz CT molecular complexity index is 189. The number of carbonyl (C=O) groups excluding carboxylic acids is 1. The predicted molar refractivity (Wildman–Crippen MR) is 46.8 cm³/mol. The number of hydrogen-bond acceptors (Lipinski definition) is 3. The van der Waals surface area contributed by atoms with E-state index in [9.17, 15) is 4.79 Å². The first kappa shape index (κ1) is 9.26. The van der Waals surface area contributed by atoms with E-state index in [1.54, 1.807) is 0 Å². The van der Waals surface area contributed by atoms with Gasteiger partial charge in [-0.15, -0.1) is 0 Å². The van der Waals surface area contributed by atoms with E-state index in [-0.39, 0.29) is 5.97 Å². The van der Waals surface area contributed by atoms with Gasteiger partial charge in [-0.25, -0.2) is 0 Å². The number of nitrogens with zero attached hydrogens (tertiary/aromatic N) is 1. The Labute approximate surface area is 73.0 Å². The molecule has 1 aliphatic heterocycles. The topological polar surface area (TPSA) is 29.5 Å². The Morgan fingerprint density at radius 2 is 1.92 bits per heavy atom. The minimum absolute atomic E-state index is 0.169. The smallest absolute Gasteiger partial charge is 0.319 e. The summed E-state index contributed by atoms with van der Waals surface area (Å²) in [5.74, 6) is -0.169. The van der Waals surface area contributed by atoms with Gasteiger partial charge < -0.3 is 4.74 Å². The Kier molecular flexibility index (Phi) is 2.87. The van der Waals surface area contributed by atoms with Crippen molar-refractivity contribution in [2.75, 3.05) is 13.7 Å². The van der Waals surface area contributed by atoms with Crippen LogP contribution in [-0.2, 0) is 9.53 Å². The van der Waals surface area contributed by atoms with Crippen LogP contribution in [0.1, 0.15) is 13.8 Å². The van der Waals surface area contributed by atoms with E-state index in [0.29, 0.717) is 18.6 Å². The van der Waals surface area contributed by atoms with Crippen molar-refractivity contribution in [3.8, 4) is 0 Å². The average molecular weight is 169 g/mol. The van der Waals surface area contributed by atoms with Crippen LogP contribution < -0.4 is 0 Å². The van der Waals surface area contributed by atoms with E-state index < -0.39 is 0 Å². The van der Waals surface area contributed by atoms with Crippen LogP contribution in [0.3, 0.4) is 0 Å². The highest BCUT2D eigenvalue weighted by Gasteiger charge is 2.24. The summed E-state index contributed by atoms with van der Waals surface area (Å²) in [5, 5.41) is 0. The number of carbonyl (C=O) groups is 1. The fourth-order valence-electron chi connectivity index (χ4n) is 1.42. The Morgan fingerprint density at radius 1 is 1.42 bits per heavy atom. The summed E-state index contributed by atoms with van der Waals surface area (Å²) in [6, 6.07) is 0.693. The van der Waals surface area contributed by atoms with E-state index >= 15 is 0 Å². The highest BCUT2D eigenvalue weighted by Crippen LogP contribution is 2.15. The second kappa shape index (κ2) is 3.72. The molecule has 3 nitrogen and oxygen atoms in total. The van der Waals surface area contributed by atoms with Crippen LogP contribution in [-0.4, -0.2) is 36.6 Å². The summed E-state index contributed by atoms with van der Waals surface area (Å²) in [6.45, 7) is 4.53. The molecule has 0 amide bonds. The summed E-state index contributed by atoms with van der Waals surface area (Å²) in [4.78, 5) is 13.1. The molecule has 0 saturated carbocycles. The summed E-state index contributed by atoms with van der Waals surface area (Å²) in [6.07, 6.45) is 4.21. The fourth-order valence-corrected chi connectivity index (χ4v) is 1.42. The molecule has 0 aliphatic carbocycles. The van der Waals surface area contributed by atoms with Crippen LogP contribution in [0.15, 0.2) is 12.2 Å². The van der Waals surface area contributed by atoms with Gasteiger partial charge in [-0.2, -0.15) is 0 Å². The number of rotatable bonds is 2. The molecular formula is C9H15NO2. The van der Waals surface area contributed by atoms with Crippen LogP contribution >= 0.6 is 0 Å². The van der Waals surface area contributed by atoms with Gasteiger partial charge in [0.1, 0.15) is 0 Å². The molecule has 12 heavy (non-hydrogen) atoms. The van der Waals surface area contributed by atoms with Crippen LogP contribution in [0, 0.1) is 0 Å².